The predicted octanol–water partition coefficient (Wildman–Crippen LogP) is 2.35. The summed E-state index contributed by atoms with van der Waals surface area (Å²) >= 11 is 0. The van der Waals surface area contributed by atoms with E-state index in [1.54, 1.807) is 0 Å². The summed E-state index contributed by atoms with van der Waals surface area (Å²) in [6.07, 6.45) is 1.86. The zero-order chi connectivity index (χ0) is 16.8. The molecule has 5 nitrogen and oxygen atoms in total. The molecular weight excluding hydrogens is 300 g/mol. The summed E-state index contributed by atoms with van der Waals surface area (Å²) in [4.78, 5) is 11.3. The first-order chi connectivity index (χ1) is 11.7. The van der Waals surface area contributed by atoms with Crippen LogP contribution in [-0.2, 0) is 0 Å². The van der Waals surface area contributed by atoms with Gasteiger partial charge in [0.05, 0.1) is 0 Å². The van der Waals surface area contributed by atoms with Crippen LogP contribution in [0.2, 0.25) is 0 Å². The number of likely N-dealkylation sites (N-methyl/N-ethyl adjacent to an activating group) is 1. The van der Waals surface area contributed by atoms with E-state index in [1.807, 2.05) is 18.3 Å². The van der Waals surface area contributed by atoms with Gasteiger partial charge in [-0.1, -0.05) is 6.07 Å². The smallest absolute Gasteiger partial charge is 0.128 e. The van der Waals surface area contributed by atoms with Crippen LogP contribution in [0.5, 0.6) is 5.75 Å². The van der Waals surface area contributed by atoms with Crippen LogP contribution in [-0.4, -0.2) is 63.3 Å². The second-order valence-corrected chi connectivity index (χ2v) is 6.31. The van der Waals surface area contributed by atoms with Gasteiger partial charge in [-0.2, -0.15) is 0 Å². The summed E-state index contributed by atoms with van der Waals surface area (Å²) in [5.41, 5.74) is 1.26. The van der Waals surface area contributed by atoms with Gasteiger partial charge in [-0.15, -0.1) is 0 Å². The molecule has 0 bridgehead atoms. The van der Waals surface area contributed by atoms with Gasteiger partial charge < -0.3 is 19.4 Å². The third kappa shape index (κ3) is 4.38. The molecule has 0 N–H and O–H groups in total. The van der Waals surface area contributed by atoms with E-state index in [4.69, 9.17) is 4.74 Å². The maximum atomic E-state index is 5.76. The third-order valence-electron chi connectivity index (χ3n) is 4.26. The number of pyridine rings is 1. The highest BCUT2D eigenvalue weighted by molar-refractivity contribution is 5.51. The molecule has 1 aromatic heterocycles. The summed E-state index contributed by atoms with van der Waals surface area (Å²) in [5, 5.41) is 0. The first-order valence-electron chi connectivity index (χ1n) is 8.51. The molecule has 0 saturated carbocycles. The number of aromatic nitrogens is 1. The van der Waals surface area contributed by atoms with Crippen molar-refractivity contribution in [2.45, 2.75) is 0 Å². The van der Waals surface area contributed by atoms with E-state index in [2.05, 4.69) is 64.1 Å². The Morgan fingerprint density at radius 3 is 2.29 bits per heavy atom. The lowest BCUT2D eigenvalue weighted by Crippen LogP contribution is -2.46. The Kier molecular flexibility index (Phi) is 5.54. The lowest BCUT2D eigenvalue weighted by atomic mass is 10.2. The molecule has 0 spiro atoms. The van der Waals surface area contributed by atoms with Crippen LogP contribution < -0.4 is 14.5 Å². The molecule has 0 amide bonds. The number of nitrogens with zero attached hydrogens (tertiary/aromatic N) is 4. The second kappa shape index (κ2) is 8.02. The second-order valence-electron chi connectivity index (χ2n) is 6.31. The third-order valence-corrected chi connectivity index (χ3v) is 4.26. The molecule has 3 rings (SSSR count). The highest BCUT2D eigenvalue weighted by Gasteiger charge is 2.18. The first kappa shape index (κ1) is 16.6. The maximum absolute atomic E-state index is 5.76. The highest BCUT2D eigenvalue weighted by Crippen LogP contribution is 2.22. The van der Waals surface area contributed by atoms with Crippen LogP contribution in [0.1, 0.15) is 0 Å². The van der Waals surface area contributed by atoms with Crippen LogP contribution in [0.25, 0.3) is 0 Å². The van der Waals surface area contributed by atoms with Crippen molar-refractivity contribution in [3.05, 3.63) is 48.7 Å². The zero-order valence-electron chi connectivity index (χ0n) is 14.6. The molecule has 1 aliphatic heterocycles. The van der Waals surface area contributed by atoms with E-state index in [0.717, 1.165) is 50.9 Å². The van der Waals surface area contributed by atoms with Gasteiger partial charge >= 0.3 is 0 Å². The topological polar surface area (TPSA) is 31.8 Å². The molecule has 1 aromatic carbocycles. The molecule has 5 heteroatoms. The van der Waals surface area contributed by atoms with Crippen molar-refractivity contribution in [1.82, 2.24) is 9.88 Å². The molecule has 0 atom stereocenters. The van der Waals surface area contributed by atoms with Crippen molar-refractivity contribution in [1.29, 1.82) is 0 Å². The number of benzene rings is 1. The molecule has 128 valence electrons. The van der Waals surface area contributed by atoms with E-state index < -0.39 is 0 Å². The highest BCUT2D eigenvalue weighted by atomic mass is 16.5. The van der Waals surface area contributed by atoms with Crippen molar-refractivity contribution >= 4 is 11.5 Å². The molecule has 2 aromatic rings. The van der Waals surface area contributed by atoms with Gasteiger partial charge in [0.2, 0.25) is 0 Å². The molecular formula is C19H26N4O. The minimum Gasteiger partial charge on any atom is -0.492 e. The molecule has 1 saturated heterocycles. The maximum Gasteiger partial charge on any atom is 0.128 e. The van der Waals surface area contributed by atoms with Gasteiger partial charge in [-0.05, 0) is 50.5 Å². The van der Waals surface area contributed by atoms with Gasteiger partial charge in [0.25, 0.3) is 0 Å². The van der Waals surface area contributed by atoms with Crippen LogP contribution >= 0.6 is 0 Å². The Labute approximate surface area is 144 Å². The van der Waals surface area contributed by atoms with E-state index in [-0.39, 0.29) is 0 Å². The first-order valence-corrected chi connectivity index (χ1v) is 8.51. The van der Waals surface area contributed by atoms with Crippen molar-refractivity contribution in [2.24, 2.45) is 0 Å². The monoisotopic (exact) mass is 326 g/mol. The fourth-order valence-corrected chi connectivity index (χ4v) is 2.83. The van der Waals surface area contributed by atoms with E-state index in [9.17, 15) is 0 Å². The Hall–Kier alpha value is -2.27. The van der Waals surface area contributed by atoms with E-state index >= 15 is 0 Å². The average Bonchev–Trinajstić information content (AvgIpc) is 2.63. The summed E-state index contributed by atoms with van der Waals surface area (Å²) in [7, 11) is 4.11. The number of ether oxygens (including phenoxy) is 1. The summed E-state index contributed by atoms with van der Waals surface area (Å²) in [5.74, 6) is 2.01. The molecule has 0 aliphatic carbocycles. The summed E-state index contributed by atoms with van der Waals surface area (Å²) in [6, 6.07) is 14.5. The number of hydrogen-bond acceptors (Lipinski definition) is 5. The van der Waals surface area contributed by atoms with Crippen molar-refractivity contribution in [3.63, 3.8) is 0 Å². The van der Waals surface area contributed by atoms with Gasteiger partial charge in [-0.3, -0.25) is 0 Å². The largest absolute Gasteiger partial charge is 0.492 e. The molecule has 2 heterocycles. The number of anilines is 2. The zero-order valence-corrected chi connectivity index (χ0v) is 14.6. The van der Waals surface area contributed by atoms with Gasteiger partial charge in [0, 0.05) is 44.6 Å². The van der Waals surface area contributed by atoms with E-state index in [0.29, 0.717) is 0 Å². The minimum atomic E-state index is 0.717. The Bertz CT molecular complexity index is 607. The number of hydrogen-bond donors (Lipinski definition) is 0. The molecule has 0 unspecified atom stereocenters. The fraction of sp³-hybridized carbons (Fsp3) is 0.421. The normalized spacial score (nSPS) is 15.0. The van der Waals surface area contributed by atoms with Crippen molar-refractivity contribution < 1.29 is 4.74 Å². The summed E-state index contributed by atoms with van der Waals surface area (Å²) < 4.78 is 5.76. The Morgan fingerprint density at radius 1 is 0.958 bits per heavy atom. The van der Waals surface area contributed by atoms with Gasteiger partial charge in [0.15, 0.2) is 0 Å². The lowest BCUT2D eigenvalue weighted by Gasteiger charge is -2.36. The SMILES string of the molecule is CN(C)CCOc1ccc(N2CCN(c3ccccn3)CC2)cc1. The van der Waals surface area contributed by atoms with Gasteiger partial charge in [0.1, 0.15) is 18.2 Å². The van der Waals surface area contributed by atoms with Crippen LogP contribution in [0.15, 0.2) is 48.7 Å². The quantitative estimate of drug-likeness (QED) is 0.813. The Balaban J connectivity index is 1.51. The van der Waals surface area contributed by atoms with E-state index in [1.165, 1.54) is 5.69 Å². The number of rotatable bonds is 6. The van der Waals surface area contributed by atoms with Crippen LogP contribution in [0.3, 0.4) is 0 Å². The summed E-state index contributed by atoms with van der Waals surface area (Å²) in [6.45, 7) is 5.66. The fourth-order valence-electron chi connectivity index (χ4n) is 2.83. The lowest BCUT2D eigenvalue weighted by molar-refractivity contribution is 0.261. The van der Waals surface area contributed by atoms with Crippen LogP contribution in [0.4, 0.5) is 11.5 Å². The standard InChI is InChI=1S/C19H26N4O/c1-21(2)15-16-24-18-8-6-17(7-9-18)22-11-13-23(14-12-22)19-5-3-4-10-20-19/h3-10H,11-16H2,1-2H3. The molecule has 0 radical (unpaired) electrons. The molecule has 1 fully saturated rings. The van der Waals surface area contributed by atoms with Crippen molar-refractivity contribution in [3.8, 4) is 5.75 Å². The van der Waals surface area contributed by atoms with Gasteiger partial charge in [-0.25, -0.2) is 4.98 Å². The Morgan fingerprint density at radius 2 is 1.67 bits per heavy atom. The molecule has 24 heavy (non-hydrogen) atoms. The minimum absolute atomic E-state index is 0.717. The number of piperazine rings is 1. The van der Waals surface area contributed by atoms with Crippen molar-refractivity contribution in [2.75, 3.05) is 63.2 Å². The predicted molar refractivity (Wildman–Crippen MR) is 99.2 cm³/mol. The average molecular weight is 326 g/mol. The van der Waals surface area contributed by atoms with Crippen LogP contribution in [0, 0.1) is 0 Å². The molecule has 1 aliphatic rings.